The molecule has 0 bridgehead atoms. The first-order chi connectivity index (χ1) is 7.88. The van der Waals surface area contributed by atoms with Crippen molar-refractivity contribution in [3.05, 3.63) is 24.0 Å². The van der Waals surface area contributed by atoms with E-state index in [1.165, 1.54) is 5.69 Å². The number of rotatable bonds is 9. The minimum Gasteiger partial charge on any atom is -0.381 e. The number of aromatic nitrogens is 1. The summed E-state index contributed by atoms with van der Waals surface area (Å²) in [5, 5.41) is 3.44. The zero-order valence-corrected chi connectivity index (χ0v) is 10.5. The Morgan fingerprint density at radius 3 is 2.94 bits per heavy atom. The number of hydrogen-bond acceptors (Lipinski definition) is 2. The molecule has 0 aliphatic rings. The van der Waals surface area contributed by atoms with Crippen LogP contribution in [0.5, 0.6) is 0 Å². The highest BCUT2D eigenvalue weighted by Crippen LogP contribution is 2.01. The fourth-order valence-electron chi connectivity index (χ4n) is 1.68. The molecule has 3 heteroatoms. The Labute approximate surface area is 98.8 Å². The maximum atomic E-state index is 5.42. The quantitative estimate of drug-likeness (QED) is 0.652. The van der Waals surface area contributed by atoms with Crippen molar-refractivity contribution >= 4 is 0 Å². The largest absolute Gasteiger partial charge is 0.381 e. The molecule has 0 saturated heterocycles. The first-order valence-electron chi connectivity index (χ1n) is 6.31. The fraction of sp³-hybridized carbons (Fsp3) is 0.692. The van der Waals surface area contributed by atoms with Crippen molar-refractivity contribution in [2.45, 2.75) is 39.8 Å². The van der Waals surface area contributed by atoms with Crippen LogP contribution in [0.4, 0.5) is 0 Å². The Kier molecular flexibility index (Phi) is 6.93. The molecule has 92 valence electrons. The third kappa shape index (κ3) is 4.81. The highest BCUT2D eigenvalue weighted by Gasteiger charge is 1.97. The number of ether oxygens (including phenoxy) is 1. The minimum atomic E-state index is 0.871. The highest BCUT2D eigenvalue weighted by molar-refractivity contribution is 5.06. The summed E-state index contributed by atoms with van der Waals surface area (Å²) in [6.07, 6.45) is 4.33. The van der Waals surface area contributed by atoms with Crippen LogP contribution in [0.25, 0.3) is 0 Å². The number of nitrogens with one attached hydrogen (secondary N) is 1. The molecular weight excluding hydrogens is 200 g/mol. The zero-order valence-electron chi connectivity index (χ0n) is 10.5. The van der Waals surface area contributed by atoms with Crippen LogP contribution in [-0.2, 0) is 17.8 Å². The molecule has 1 aromatic heterocycles. The molecule has 1 heterocycles. The lowest BCUT2D eigenvalue weighted by molar-refractivity contribution is 0.132. The van der Waals surface area contributed by atoms with Crippen molar-refractivity contribution in [2.75, 3.05) is 19.8 Å². The summed E-state index contributed by atoms with van der Waals surface area (Å²) >= 11 is 0. The summed E-state index contributed by atoms with van der Waals surface area (Å²) in [5.41, 5.74) is 1.36. The standard InChI is InChI=1S/C13H24N2O/c1-3-10-16-11-6-8-14-12-13-7-5-9-15(13)4-2/h5,7,9,14H,3-4,6,8,10-12H2,1-2H3. The van der Waals surface area contributed by atoms with Gasteiger partial charge in [-0.05, 0) is 38.4 Å². The second-order valence-corrected chi connectivity index (χ2v) is 3.93. The lowest BCUT2D eigenvalue weighted by Gasteiger charge is -2.08. The normalized spacial score (nSPS) is 10.9. The lowest BCUT2D eigenvalue weighted by Crippen LogP contribution is -2.18. The number of hydrogen-bond donors (Lipinski definition) is 1. The molecule has 1 N–H and O–H groups in total. The molecule has 0 saturated carbocycles. The van der Waals surface area contributed by atoms with E-state index in [4.69, 9.17) is 4.74 Å². The summed E-state index contributed by atoms with van der Waals surface area (Å²) in [7, 11) is 0. The summed E-state index contributed by atoms with van der Waals surface area (Å²) in [5.74, 6) is 0. The molecular formula is C13H24N2O. The van der Waals surface area contributed by atoms with Crippen LogP contribution >= 0.6 is 0 Å². The molecule has 0 aliphatic heterocycles. The molecule has 0 atom stereocenters. The molecule has 16 heavy (non-hydrogen) atoms. The average molecular weight is 224 g/mol. The molecule has 0 amide bonds. The second kappa shape index (κ2) is 8.36. The van der Waals surface area contributed by atoms with Gasteiger partial charge in [-0.25, -0.2) is 0 Å². The van der Waals surface area contributed by atoms with Crippen molar-refractivity contribution in [2.24, 2.45) is 0 Å². The number of aryl methyl sites for hydroxylation is 1. The van der Waals surface area contributed by atoms with Gasteiger partial charge in [-0.1, -0.05) is 6.92 Å². The maximum Gasteiger partial charge on any atom is 0.0478 e. The van der Waals surface area contributed by atoms with Gasteiger partial charge in [0.1, 0.15) is 0 Å². The van der Waals surface area contributed by atoms with Crippen LogP contribution in [0, 0.1) is 0 Å². The van der Waals surface area contributed by atoms with E-state index in [0.717, 1.165) is 45.7 Å². The van der Waals surface area contributed by atoms with Crippen LogP contribution in [0.1, 0.15) is 32.4 Å². The van der Waals surface area contributed by atoms with Crippen LogP contribution in [0.15, 0.2) is 18.3 Å². The predicted molar refractivity (Wildman–Crippen MR) is 67.5 cm³/mol. The monoisotopic (exact) mass is 224 g/mol. The minimum absolute atomic E-state index is 0.871. The Bertz CT molecular complexity index is 271. The van der Waals surface area contributed by atoms with Gasteiger partial charge in [0.15, 0.2) is 0 Å². The predicted octanol–water partition coefficient (Wildman–Crippen LogP) is 2.41. The lowest BCUT2D eigenvalue weighted by atomic mass is 10.4. The van der Waals surface area contributed by atoms with Gasteiger partial charge in [-0.15, -0.1) is 0 Å². The van der Waals surface area contributed by atoms with E-state index >= 15 is 0 Å². The van der Waals surface area contributed by atoms with E-state index in [9.17, 15) is 0 Å². The maximum absolute atomic E-state index is 5.42. The SMILES string of the molecule is CCCOCCCNCc1cccn1CC. The van der Waals surface area contributed by atoms with Gasteiger partial charge in [0.25, 0.3) is 0 Å². The Morgan fingerprint density at radius 1 is 1.31 bits per heavy atom. The average Bonchev–Trinajstić information content (AvgIpc) is 2.75. The van der Waals surface area contributed by atoms with Crippen molar-refractivity contribution in [3.8, 4) is 0 Å². The van der Waals surface area contributed by atoms with Gasteiger partial charge >= 0.3 is 0 Å². The van der Waals surface area contributed by atoms with Gasteiger partial charge in [-0.2, -0.15) is 0 Å². The molecule has 0 radical (unpaired) electrons. The van der Waals surface area contributed by atoms with Crippen molar-refractivity contribution in [1.82, 2.24) is 9.88 Å². The van der Waals surface area contributed by atoms with E-state index in [1.807, 2.05) is 0 Å². The number of nitrogens with zero attached hydrogens (tertiary/aromatic N) is 1. The van der Waals surface area contributed by atoms with Crippen molar-refractivity contribution in [1.29, 1.82) is 0 Å². The van der Waals surface area contributed by atoms with E-state index in [-0.39, 0.29) is 0 Å². The van der Waals surface area contributed by atoms with Crippen LogP contribution in [-0.4, -0.2) is 24.3 Å². The van der Waals surface area contributed by atoms with Gasteiger partial charge in [0.2, 0.25) is 0 Å². The second-order valence-electron chi connectivity index (χ2n) is 3.93. The van der Waals surface area contributed by atoms with Gasteiger partial charge in [0.05, 0.1) is 0 Å². The summed E-state index contributed by atoms with van der Waals surface area (Å²) in [6, 6.07) is 4.27. The molecule has 0 spiro atoms. The van der Waals surface area contributed by atoms with Crippen LogP contribution in [0.2, 0.25) is 0 Å². The smallest absolute Gasteiger partial charge is 0.0478 e. The Hall–Kier alpha value is -0.800. The summed E-state index contributed by atoms with van der Waals surface area (Å²) < 4.78 is 7.68. The van der Waals surface area contributed by atoms with Crippen molar-refractivity contribution < 1.29 is 4.74 Å². The first kappa shape index (κ1) is 13.3. The van der Waals surface area contributed by atoms with Gasteiger partial charge in [-0.3, -0.25) is 0 Å². The molecule has 3 nitrogen and oxygen atoms in total. The fourth-order valence-corrected chi connectivity index (χ4v) is 1.68. The van der Waals surface area contributed by atoms with E-state index < -0.39 is 0 Å². The van der Waals surface area contributed by atoms with Gasteiger partial charge in [0, 0.05) is 38.2 Å². The van der Waals surface area contributed by atoms with Crippen LogP contribution in [0.3, 0.4) is 0 Å². The van der Waals surface area contributed by atoms with E-state index in [0.29, 0.717) is 0 Å². The molecule has 1 aromatic rings. The molecule has 1 rings (SSSR count). The Morgan fingerprint density at radius 2 is 2.19 bits per heavy atom. The van der Waals surface area contributed by atoms with E-state index in [1.54, 1.807) is 0 Å². The highest BCUT2D eigenvalue weighted by atomic mass is 16.5. The molecule has 0 aromatic carbocycles. The Balaban J connectivity index is 2.03. The van der Waals surface area contributed by atoms with Crippen LogP contribution < -0.4 is 5.32 Å². The molecule has 0 fully saturated rings. The zero-order chi connectivity index (χ0) is 11.6. The van der Waals surface area contributed by atoms with Crippen molar-refractivity contribution in [3.63, 3.8) is 0 Å². The third-order valence-corrected chi connectivity index (χ3v) is 2.56. The van der Waals surface area contributed by atoms with Gasteiger partial charge < -0.3 is 14.6 Å². The third-order valence-electron chi connectivity index (χ3n) is 2.56. The topological polar surface area (TPSA) is 26.2 Å². The summed E-state index contributed by atoms with van der Waals surface area (Å²) in [4.78, 5) is 0. The molecule has 0 unspecified atom stereocenters. The first-order valence-corrected chi connectivity index (χ1v) is 6.31. The molecule has 0 aliphatic carbocycles. The van der Waals surface area contributed by atoms with E-state index in [2.05, 4.69) is 42.1 Å². The summed E-state index contributed by atoms with van der Waals surface area (Å²) in [6.45, 7) is 9.09.